The van der Waals surface area contributed by atoms with Crippen molar-refractivity contribution in [2.45, 2.75) is 46.0 Å². The highest BCUT2D eigenvalue weighted by Crippen LogP contribution is 2.17. The van der Waals surface area contributed by atoms with E-state index in [0.717, 1.165) is 49.7 Å². The van der Waals surface area contributed by atoms with Crippen LogP contribution in [0.1, 0.15) is 55.0 Å². The van der Waals surface area contributed by atoms with Crippen molar-refractivity contribution in [3.05, 3.63) is 23.2 Å². The molecular formula is C12H18O2. The fourth-order valence-electron chi connectivity index (χ4n) is 1.54. The van der Waals surface area contributed by atoms with Crippen molar-refractivity contribution in [3.8, 4) is 0 Å². The average molecular weight is 194 g/mol. The molecule has 78 valence electrons. The SMILES string of the molecule is CCCCc1cc(CCC)c(C=O)o1. The maximum Gasteiger partial charge on any atom is 0.185 e. The number of carbonyl (C=O) groups excluding carboxylic acids is 1. The second-order valence-electron chi connectivity index (χ2n) is 3.57. The minimum atomic E-state index is 0.526. The van der Waals surface area contributed by atoms with Gasteiger partial charge in [0.15, 0.2) is 12.0 Å². The molecular weight excluding hydrogens is 176 g/mol. The molecule has 0 saturated heterocycles. The Bertz CT molecular complexity index is 287. The molecule has 0 aliphatic carbocycles. The van der Waals surface area contributed by atoms with Gasteiger partial charge >= 0.3 is 0 Å². The van der Waals surface area contributed by atoms with E-state index in [-0.39, 0.29) is 0 Å². The van der Waals surface area contributed by atoms with Gasteiger partial charge in [0.1, 0.15) is 5.76 Å². The molecule has 0 aromatic carbocycles. The lowest BCUT2D eigenvalue weighted by molar-refractivity contribution is 0.109. The molecule has 2 heteroatoms. The lowest BCUT2D eigenvalue weighted by atomic mass is 10.1. The Kier molecular flexibility index (Phi) is 4.44. The van der Waals surface area contributed by atoms with E-state index in [1.54, 1.807) is 0 Å². The van der Waals surface area contributed by atoms with Gasteiger partial charge in [-0.25, -0.2) is 0 Å². The second kappa shape index (κ2) is 5.63. The number of hydrogen-bond donors (Lipinski definition) is 0. The molecule has 0 aliphatic heterocycles. The molecule has 2 nitrogen and oxygen atoms in total. The van der Waals surface area contributed by atoms with E-state index in [1.165, 1.54) is 0 Å². The minimum absolute atomic E-state index is 0.526. The molecule has 0 unspecified atom stereocenters. The summed E-state index contributed by atoms with van der Waals surface area (Å²) < 4.78 is 5.45. The molecule has 0 amide bonds. The van der Waals surface area contributed by atoms with Crippen molar-refractivity contribution in [1.29, 1.82) is 0 Å². The van der Waals surface area contributed by atoms with Gasteiger partial charge in [0.05, 0.1) is 0 Å². The molecule has 1 aromatic rings. The topological polar surface area (TPSA) is 30.2 Å². The molecule has 0 saturated carbocycles. The molecule has 0 atom stereocenters. The quantitative estimate of drug-likeness (QED) is 0.650. The van der Waals surface area contributed by atoms with Crippen molar-refractivity contribution in [3.63, 3.8) is 0 Å². The van der Waals surface area contributed by atoms with Crippen LogP contribution in [0.3, 0.4) is 0 Å². The van der Waals surface area contributed by atoms with Crippen molar-refractivity contribution in [2.24, 2.45) is 0 Å². The van der Waals surface area contributed by atoms with Crippen LogP contribution in [0.25, 0.3) is 0 Å². The van der Waals surface area contributed by atoms with E-state index in [1.807, 2.05) is 6.07 Å². The Morgan fingerprint density at radius 1 is 1.29 bits per heavy atom. The van der Waals surface area contributed by atoms with Gasteiger partial charge in [-0.2, -0.15) is 0 Å². The van der Waals surface area contributed by atoms with Gasteiger partial charge in [-0.15, -0.1) is 0 Å². The smallest absolute Gasteiger partial charge is 0.185 e. The van der Waals surface area contributed by atoms with Crippen LogP contribution in [0.4, 0.5) is 0 Å². The molecule has 0 spiro atoms. The molecule has 1 heterocycles. The van der Waals surface area contributed by atoms with Crippen LogP contribution >= 0.6 is 0 Å². The van der Waals surface area contributed by atoms with Gasteiger partial charge < -0.3 is 4.42 Å². The van der Waals surface area contributed by atoms with Crippen molar-refractivity contribution in [2.75, 3.05) is 0 Å². The number of aldehydes is 1. The predicted molar refractivity (Wildman–Crippen MR) is 56.7 cm³/mol. The molecule has 0 fully saturated rings. The summed E-state index contributed by atoms with van der Waals surface area (Å²) in [6.07, 6.45) is 6.02. The zero-order valence-corrected chi connectivity index (χ0v) is 9.01. The van der Waals surface area contributed by atoms with Crippen LogP contribution in [-0.2, 0) is 12.8 Å². The summed E-state index contributed by atoms with van der Waals surface area (Å²) in [5.74, 6) is 1.48. The summed E-state index contributed by atoms with van der Waals surface area (Å²) in [4.78, 5) is 10.7. The summed E-state index contributed by atoms with van der Waals surface area (Å²) >= 11 is 0. The number of furan rings is 1. The third-order valence-electron chi connectivity index (χ3n) is 2.30. The monoisotopic (exact) mass is 194 g/mol. The molecule has 1 aromatic heterocycles. The molecule has 1 rings (SSSR count). The third kappa shape index (κ3) is 2.72. The van der Waals surface area contributed by atoms with Crippen LogP contribution in [0.2, 0.25) is 0 Å². The number of hydrogen-bond acceptors (Lipinski definition) is 2. The summed E-state index contributed by atoms with van der Waals surface area (Å²) in [5.41, 5.74) is 1.06. The first-order valence-electron chi connectivity index (χ1n) is 5.38. The summed E-state index contributed by atoms with van der Waals surface area (Å²) in [6.45, 7) is 4.25. The Morgan fingerprint density at radius 2 is 2.07 bits per heavy atom. The lowest BCUT2D eigenvalue weighted by Gasteiger charge is -1.91. The molecule has 0 aliphatic rings. The zero-order valence-electron chi connectivity index (χ0n) is 9.01. The number of aryl methyl sites for hydroxylation is 2. The fourth-order valence-corrected chi connectivity index (χ4v) is 1.54. The van der Waals surface area contributed by atoms with Crippen molar-refractivity contribution in [1.82, 2.24) is 0 Å². The minimum Gasteiger partial charge on any atom is -0.458 e. The predicted octanol–water partition coefficient (Wildman–Crippen LogP) is 3.39. The second-order valence-corrected chi connectivity index (χ2v) is 3.57. The normalized spacial score (nSPS) is 10.4. The summed E-state index contributed by atoms with van der Waals surface area (Å²) in [7, 11) is 0. The van der Waals surface area contributed by atoms with Gasteiger partial charge in [0.2, 0.25) is 0 Å². The maximum absolute atomic E-state index is 10.7. The number of carbonyl (C=O) groups is 1. The van der Waals surface area contributed by atoms with E-state index in [4.69, 9.17) is 4.42 Å². The van der Waals surface area contributed by atoms with Crippen LogP contribution in [0, 0.1) is 0 Å². The highest BCUT2D eigenvalue weighted by Gasteiger charge is 2.08. The Labute approximate surface area is 85.3 Å². The zero-order chi connectivity index (χ0) is 10.4. The van der Waals surface area contributed by atoms with Gasteiger partial charge in [-0.3, -0.25) is 4.79 Å². The van der Waals surface area contributed by atoms with E-state index in [9.17, 15) is 4.79 Å². The molecule has 0 bridgehead atoms. The number of unbranched alkanes of at least 4 members (excludes halogenated alkanes) is 1. The first-order chi connectivity index (χ1) is 6.81. The molecule has 14 heavy (non-hydrogen) atoms. The first-order valence-corrected chi connectivity index (χ1v) is 5.38. The standard InChI is InChI=1S/C12H18O2/c1-3-5-7-11-8-10(6-4-2)12(9-13)14-11/h8-9H,3-7H2,1-2H3. The van der Waals surface area contributed by atoms with Crippen molar-refractivity contribution >= 4 is 6.29 Å². The van der Waals surface area contributed by atoms with Crippen LogP contribution in [0.5, 0.6) is 0 Å². The Morgan fingerprint density at radius 3 is 2.64 bits per heavy atom. The van der Waals surface area contributed by atoms with Gasteiger partial charge in [-0.1, -0.05) is 26.7 Å². The van der Waals surface area contributed by atoms with E-state index >= 15 is 0 Å². The van der Waals surface area contributed by atoms with Crippen LogP contribution in [-0.4, -0.2) is 6.29 Å². The lowest BCUT2D eigenvalue weighted by Crippen LogP contribution is -1.84. The largest absolute Gasteiger partial charge is 0.458 e. The summed E-state index contributed by atoms with van der Waals surface area (Å²) in [5, 5.41) is 0. The highest BCUT2D eigenvalue weighted by molar-refractivity contribution is 5.73. The Hall–Kier alpha value is -1.05. The third-order valence-corrected chi connectivity index (χ3v) is 2.30. The molecule has 0 N–H and O–H groups in total. The van der Waals surface area contributed by atoms with Gasteiger partial charge in [0, 0.05) is 12.0 Å². The van der Waals surface area contributed by atoms with E-state index < -0.39 is 0 Å². The number of rotatable bonds is 6. The van der Waals surface area contributed by atoms with Crippen LogP contribution in [0.15, 0.2) is 10.5 Å². The highest BCUT2D eigenvalue weighted by atomic mass is 16.3. The van der Waals surface area contributed by atoms with E-state index in [0.29, 0.717) is 5.76 Å². The fraction of sp³-hybridized carbons (Fsp3) is 0.583. The Balaban J connectivity index is 2.72. The molecule has 0 radical (unpaired) electrons. The van der Waals surface area contributed by atoms with Crippen LogP contribution < -0.4 is 0 Å². The summed E-state index contributed by atoms with van der Waals surface area (Å²) in [6, 6.07) is 2.03. The average Bonchev–Trinajstić information content (AvgIpc) is 2.58. The van der Waals surface area contributed by atoms with Gasteiger partial charge in [-0.05, 0) is 18.9 Å². The van der Waals surface area contributed by atoms with E-state index in [2.05, 4.69) is 13.8 Å². The first kappa shape index (κ1) is 11.0. The maximum atomic E-state index is 10.7. The van der Waals surface area contributed by atoms with Gasteiger partial charge in [0.25, 0.3) is 0 Å². The van der Waals surface area contributed by atoms with Crippen molar-refractivity contribution < 1.29 is 9.21 Å².